The molecular formula is C36H53N3O6. The molecule has 0 radical (unpaired) electrons. The normalized spacial score (nSPS) is 29.0. The number of rotatable bonds is 13. The van der Waals surface area contributed by atoms with Gasteiger partial charge in [0.25, 0.3) is 0 Å². The molecule has 3 amide bonds. The molecule has 1 aromatic carbocycles. The largest absolute Gasteiger partial charge is 0.494 e. The summed E-state index contributed by atoms with van der Waals surface area (Å²) >= 11 is 0. The van der Waals surface area contributed by atoms with Crippen LogP contribution in [0.5, 0.6) is 5.75 Å². The molecule has 1 aromatic rings. The number of hydrogen-bond acceptors (Lipinski definition) is 6. The van der Waals surface area contributed by atoms with Crippen molar-refractivity contribution in [1.82, 2.24) is 9.80 Å². The van der Waals surface area contributed by atoms with E-state index in [0.29, 0.717) is 37.4 Å². The zero-order valence-corrected chi connectivity index (χ0v) is 28.5. The molecule has 0 aromatic heterocycles. The molecule has 4 rings (SSSR count). The average molecular weight is 624 g/mol. The molecule has 3 unspecified atom stereocenters. The highest BCUT2D eigenvalue weighted by Crippen LogP contribution is 2.65. The van der Waals surface area contributed by atoms with Gasteiger partial charge in [-0.3, -0.25) is 14.4 Å². The molecular weight excluding hydrogens is 570 g/mol. The van der Waals surface area contributed by atoms with Crippen LogP contribution in [0.1, 0.15) is 68.2 Å². The topological polar surface area (TPSA) is 99.6 Å². The molecule has 3 aliphatic heterocycles. The van der Waals surface area contributed by atoms with Crippen LogP contribution in [0.3, 0.4) is 0 Å². The summed E-state index contributed by atoms with van der Waals surface area (Å²) in [6.07, 6.45) is 4.53. The first-order valence-electron chi connectivity index (χ1n) is 16.2. The summed E-state index contributed by atoms with van der Waals surface area (Å²) in [6.45, 7) is 24.9. The van der Waals surface area contributed by atoms with Gasteiger partial charge in [-0.25, -0.2) is 0 Å². The lowest BCUT2D eigenvalue weighted by Gasteiger charge is -2.45. The third-order valence-electron chi connectivity index (χ3n) is 9.96. The van der Waals surface area contributed by atoms with Crippen LogP contribution >= 0.6 is 0 Å². The molecule has 9 heteroatoms. The van der Waals surface area contributed by atoms with Gasteiger partial charge in [-0.05, 0) is 76.1 Å². The van der Waals surface area contributed by atoms with E-state index in [9.17, 15) is 19.5 Å². The molecule has 45 heavy (non-hydrogen) atoms. The molecule has 248 valence electrons. The van der Waals surface area contributed by atoms with Crippen LogP contribution in [0, 0.1) is 23.2 Å². The van der Waals surface area contributed by atoms with Crippen LogP contribution in [0.15, 0.2) is 49.6 Å². The van der Waals surface area contributed by atoms with E-state index < -0.39 is 34.6 Å². The first kappa shape index (κ1) is 34.7. The summed E-state index contributed by atoms with van der Waals surface area (Å²) in [4.78, 5) is 48.9. The molecule has 0 saturated carbocycles. The summed E-state index contributed by atoms with van der Waals surface area (Å²) in [5.74, 6) is -1.95. The van der Waals surface area contributed by atoms with Gasteiger partial charge in [0.05, 0.1) is 30.7 Å². The number of amides is 3. The van der Waals surface area contributed by atoms with Gasteiger partial charge >= 0.3 is 0 Å². The molecule has 3 aliphatic rings. The lowest BCUT2D eigenvalue weighted by Crippen LogP contribution is -2.61. The van der Waals surface area contributed by atoms with E-state index in [2.05, 4.69) is 33.9 Å². The van der Waals surface area contributed by atoms with Crippen molar-refractivity contribution in [2.45, 2.75) is 91.0 Å². The fourth-order valence-corrected chi connectivity index (χ4v) is 8.56. The minimum atomic E-state index is -1.21. The van der Waals surface area contributed by atoms with Gasteiger partial charge in [0.1, 0.15) is 17.4 Å². The van der Waals surface area contributed by atoms with Crippen LogP contribution in [0.25, 0.3) is 0 Å². The number of ether oxygens (including phenoxy) is 2. The third kappa shape index (κ3) is 5.94. The van der Waals surface area contributed by atoms with Crippen LogP contribution < -0.4 is 9.64 Å². The maximum atomic E-state index is 14.9. The number of anilines is 1. The second-order valence-electron chi connectivity index (χ2n) is 14.9. The summed E-state index contributed by atoms with van der Waals surface area (Å²) < 4.78 is 12.5. The van der Waals surface area contributed by atoms with Crippen LogP contribution in [0.2, 0.25) is 0 Å². The summed E-state index contributed by atoms with van der Waals surface area (Å²) in [6, 6.07) is 6.30. The summed E-state index contributed by atoms with van der Waals surface area (Å²) in [5.41, 5.74) is -2.17. The maximum Gasteiger partial charge on any atom is 0.249 e. The fraction of sp³-hybridized carbons (Fsp3) is 0.639. The number of hydrogen-bond donors (Lipinski definition) is 1. The molecule has 3 fully saturated rings. The van der Waals surface area contributed by atoms with E-state index >= 15 is 0 Å². The number of likely N-dealkylation sites (tertiary alicyclic amines) is 1. The third-order valence-corrected chi connectivity index (χ3v) is 9.96. The highest BCUT2D eigenvalue weighted by molar-refractivity contribution is 6.03. The number of benzene rings is 1. The van der Waals surface area contributed by atoms with Gasteiger partial charge in [0, 0.05) is 30.9 Å². The van der Waals surface area contributed by atoms with Gasteiger partial charge in [0.15, 0.2) is 0 Å². The Hall–Kier alpha value is -3.17. The van der Waals surface area contributed by atoms with E-state index in [0.717, 1.165) is 0 Å². The minimum absolute atomic E-state index is 0.0280. The second kappa shape index (κ2) is 12.6. The Morgan fingerprint density at radius 2 is 1.73 bits per heavy atom. The highest BCUT2D eigenvalue weighted by Gasteiger charge is 2.80. The fourth-order valence-electron chi connectivity index (χ4n) is 8.56. The van der Waals surface area contributed by atoms with Crippen molar-refractivity contribution in [3.8, 4) is 5.75 Å². The zero-order chi connectivity index (χ0) is 33.5. The Labute approximate surface area is 269 Å². The molecule has 6 atom stereocenters. The Morgan fingerprint density at radius 1 is 1.11 bits per heavy atom. The number of aliphatic hydroxyl groups is 1. The van der Waals surface area contributed by atoms with Gasteiger partial charge < -0.3 is 29.3 Å². The van der Waals surface area contributed by atoms with Crippen molar-refractivity contribution < 1.29 is 29.0 Å². The highest BCUT2D eigenvalue weighted by atomic mass is 16.5. The zero-order valence-electron chi connectivity index (χ0n) is 28.5. The molecule has 0 aliphatic carbocycles. The van der Waals surface area contributed by atoms with Gasteiger partial charge in [-0.15, -0.1) is 13.2 Å². The molecule has 3 saturated heterocycles. The van der Waals surface area contributed by atoms with Crippen LogP contribution in [-0.2, 0) is 19.1 Å². The Morgan fingerprint density at radius 3 is 2.27 bits per heavy atom. The number of fused-ring (bicyclic) bond motifs is 1. The van der Waals surface area contributed by atoms with E-state index in [-0.39, 0.29) is 48.8 Å². The van der Waals surface area contributed by atoms with Crippen molar-refractivity contribution in [3.05, 3.63) is 49.6 Å². The maximum absolute atomic E-state index is 14.9. The predicted octanol–water partition coefficient (Wildman–Crippen LogP) is 4.84. The van der Waals surface area contributed by atoms with E-state index in [4.69, 9.17) is 9.47 Å². The van der Waals surface area contributed by atoms with Crippen molar-refractivity contribution in [2.75, 3.05) is 37.7 Å². The molecule has 3 heterocycles. The summed E-state index contributed by atoms with van der Waals surface area (Å²) in [5, 5.41) is 10.1. The van der Waals surface area contributed by atoms with Crippen LogP contribution in [0.4, 0.5) is 5.69 Å². The summed E-state index contributed by atoms with van der Waals surface area (Å²) in [7, 11) is 0. The first-order valence-corrected chi connectivity index (χ1v) is 16.2. The predicted molar refractivity (Wildman–Crippen MR) is 176 cm³/mol. The molecule has 1 spiro atoms. The molecule has 9 nitrogen and oxygen atoms in total. The van der Waals surface area contributed by atoms with E-state index in [1.165, 1.54) is 4.90 Å². The van der Waals surface area contributed by atoms with E-state index in [1.807, 2.05) is 58.9 Å². The number of β-amino-alcohol motifs (C(OH)–C–C–N with tert-alkyl or cyclic N) is 1. The lowest BCUT2D eigenvalue weighted by atomic mass is 9.62. The number of nitrogens with zero attached hydrogens (tertiary/aromatic N) is 3. The molecule has 2 bridgehead atoms. The van der Waals surface area contributed by atoms with Gasteiger partial charge in [0.2, 0.25) is 17.7 Å². The quantitative estimate of drug-likeness (QED) is 0.316. The van der Waals surface area contributed by atoms with Crippen molar-refractivity contribution in [2.24, 2.45) is 23.2 Å². The average Bonchev–Trinajstić information content (AvgIpc) is 3.46. The monoisotopic (exact) mass is 623 g/mol. The second-order valence-corrected chi connectivity index (χ2v) is 14.9. The lowest BCUT2D eigenvalue weighted by molar-refractivity contribution is -0.156. The van der Waals surface area contributed by atoms with Crippen molar-refractivity contribution >= 4 is 23.4 Å². The van der Waals surface area contributed by atoms with Gasteiger partial charge in [-0.2, -0.15) is 0 Å². The number of carbonyl (C=O) groups is 3. The van der Waals surface area contributed by atoms with Gasteiger partial charge in [-0.1, -0.05) is 39.8 Å². The Bertz CT molecular complexity index is 1300. The standard InChI is InChI=1S/C36H53N3O6/c1-11-18-37(25-14-16-26(17-15-25)44-13-3)30(41)27-28-31(42)38(20-21-40)29(36(28)22-24(4)35(27,10)45-36)32(43)39(19-12-2)34(8,9)23-33(5,6)7/h11-12,14-17,24,27-29,40H,1-2,13,18-23H2,3-10H3/t24?,27-,28+,29?,35+,36?/m1/s1. The van der Waals surface area contributed by atoms with E-state index in [1.54, 1.807) is 22.0 Å². The first-order chi connectivity index (χ1) is 21.0. The Balaban J connectivity index is 1.81. The van der Waals surface area contributed by atoms with Crippen molar-refractivity contribution in [3.63, 3.8) is 0 Å². The van der Waals surface area contributed by atoms with Crippen molar-refractivity contribution in [1.29, 1.82) is 0 Å². The Kier molecular flexibility index (Phi) is 9.68. The minimum Gasteiger partial charge on any atom is -0.494 e. The number of carbonyl (C=O) groups excluding carboxylic acids is 3. The SMILES string of the molecule is C=CCN(C(=O)[C@H]1[C@H]2C(=O)N(CCO)C(C(=O)N(CC=C)C(C)(C)CC(C)(C)C)C23CC(C)[C@]1(C)O3)c1ccc(OCC)cc1. The number of aliphatic hydroxyl groups excluding tert-OH is 1. The molecule has 1 N–H and O–H groups in total. The van der Waals surface area contributed by atoms with Crippen LogP contribution in [-0.4, -0.2) is 88.3 Å². The smallest absolute Gasteiger partial charge is 0.249 e.